The number of allylic oxidation sites excluding steroid dienone is 19. The Morgan fingerprint density at radius 3 is 1.34 bits per heavy atom. The van der Waals surface area contributed by atoms with Crippen LogP contribution in [-0.4, -0.2) is 60.5 Å². The number of hydrogen-bond acceptors (Lipinski definition) is 8. The fraction of sp³-hybridized carbons (Fsp3) is 0.560. The number of ether oxygens (including phenoxy) is 2. The van der Waals surface area contributed by atoms with Crippen molar-refractivity contribution in [2.45, 2.75) is 154 Å². The van der Waals surface area contributed by atoms with E-state index in [0.717, 1.165) is 83.5 Å². The standard InChI is InChI=1S/C50H80NO9P/c1-3-5-7-9-11-13-15-17-19-20-21-22-23-24-25-26-27-29-31-33-35-37-39-41-43-57-44-47(45-58-61(55,56)59-46-48(51)50(53)54)60-49(52)42-40-38-36-34-32-30-28-18-16-14-12-10-8-6-4-2/h5-8,11-14,17-19,21-22,24-25,28,32,34,38,40,47-48H,3-4,9-10,15-16,20,23,26-27,29-31,33,35-37,39,41-46,51H2,1-2H3,(H,53,54)(H,55,56)/b7-5-,8-6-,13-11-,14-12-,19-17-,22-21-,25-24-,28-18-,34-32-,40-38-. The van der Waals surface area contributed by atoms with E-state index in [1.54, 1.807) is 6.08 Å². The summed E-state index contributed by atoms with van der Waals surface area (Å²) < 4.78 is 33.2. The molecule has 10 nitrogen and oxygen atoms in total. The van der Waals surface area contributed by atoms with Gasteiger partial charge in [0.1, 0.15) is 12.1 Å². The van der Waals surface area contributed by atoms with Crippen LogP contribution in [0, 0.1) is 0 Å². The molecule has 0 radical (unpaired) electrons. The molecular formula is C50H80NO9P. The van der Waals surface area contributed by atoms with E-state index in [0.29, 0.717) is 13.0 Å². The van der Waals surface area contributed by atoms with Crippen LogP contribution in [0.25, 0.3) is 0 Å². The number of esters is 1. The second-order valence-electron chi connectivity index (χ2n) is 14.4. The molecule has 61 heavy (non-hydrogen) atoms. The number of phosphoric acid groups is 1. The van der Waals surface area contributed by atoms with Gasteiger partial charge in [0.15, 0.2) is 0 Å². The summed E-state index contributed by atoms with van der Waals surface area (Å²) in [6.07, 6.45) is 61.4. The van der Waals surface area contributed by atoms with Crippen LogP contribution in [-0.2, 0) is 32.7 Å². The highest BCUT2D eigenvalue weighted by Crippen LogP contribution is 2.43. The Balaban J connectivity index is 4.33. The van der Waals surface area contributed by atoms with Crippen LogP contribution >= 0.6 is 7.82 Å². The summed E-state index contributed by atoms with van der Waals surface area (Å²) in [6, 6.07) is -1.50. The van der Waals surface area contributed by atoms with Gasteiger partial charge in [-0.05, 0) is 83.5 Å². The lowest BCUT2D eigenvalue weighted by Gasteiger charge is -2.20. The van der Waals surface area contributed by atoms with Crippen molar-refractivity contribution in [3.05, 3.63) is 122 Å². The van der Waals surface area contributed by atoms with Gasteiger partial charge in [0, 0.05) is 6.61 Å². The van der Waals surface area contributed by atoms with Gasteiger partial charge in [0.05, 0.1) is 26.2 Å². The molecule has 0 aromatic carbocycles. The van der Waals surface area contributed by atoms with E-state index in [9.17, 15) is 19.0 Å². The zero-order valence-electron chi connectivity index (χ0n) is 37.4. The van der Waals surface area contributed by atoms with Gasteiger partial charge in [-0.3, -0.25) is 18.6 Å². The van der Waals surface area contributed by atoms with Gasteiger partial charge in [0.25, 0.3) is 0 Å². The van der Waals surface area contributed by atoms with Crippen molar-refractivity contribution in [2.75, 3.05) is 26.4 Å². The summed E-state index contributed by atoms with van der Waals surface area (Å²) >= 11 is 0. The fourth-order valence-electron chi connectivity index (χ4n) is 5.35. The molecule has 0 spiro atoms. The molecule has 0 saturated carbocycles. The van der Waals surface area contributed by atoms with Gasteiger partial charge in [0.2, 0.25) is 0 Å². The maximum atomic E-state index is 12.6. The molecule has 4 N–H and O–H groups in total. The lowest BCUT2D eigenvalue weighted by atomic mass is 10.1. The van der Waals surface area contributed by atoms with Gasteiger partial charge < -0.3 is 25.2 Å². The molecule has 0 fully saturated rings. The van der Waals surface area contributed by atoms with Crippen LogP contribution in [0.5, 0.6) is 0 Å². The quantitative estimate of drug-likeness (QED) is 0.0234. The highest BCUT2D eigenvalue weighted by atomic mass is 31.2. The van der Waals surface area contributed by atoms with Crippen molar-refractivity contribution in [1.82, 2.24) is 0 Å². The number of carboxylic acids is 1. The van der Waals surface area contributed by atoms with E-state index in [1.807, 2.05) is 12.2 Å². The Hall–Kier alpha value is -3.63. The molecule has 0 aromatic rings. The molecule has 0 aromatic heterocycles. The van der Waals surface area contributed by atoms with E-state index in [4.69, 9.17) is 29.4 Å². The third-order valence-corrected chi connectivity index (χ3v) is 9.72. The number of unbranched alkanes of at least 4 members (excludes halogenated alkanes) is 8. The van der Waals surface area contributed by atoms with E-state index < -0.39 is 45.1 Å². The predicted molar refractivity (Wildman–Crippen MR) is 253 cm³/mol. The molecule has 3 unspecified atom stereocenters. The fourth-order valence-corrected chi connectivity index (χ4v) is 6.13. The molecule has 344 valence electrons. The van der Waals surface area contributed by atoms with Gasteiger partial charge in [-0.15, -0.1) is 0 Å². The highest BCUT2D eigenvalue weighted by molar-refractivity contribution is 7.47. The molecule has 11 heteroatoms. The van der Waals surface area contributed by atoms with E-state index in [2.05, 4.69) is 117 Å². The van der Waals surface area contributed by atoms with Crippen molar-refractivity contribution in [1.29, 1.82) is 0 Å². The van der Waals surface area contributed by atoms with Crippen molar-refractivity contribution >= 4 is 19.8 Å². The first-order valence-electron chi connectivity index (χ1n) is 22.6. The number of phosphoric ester groups is 1. The Morgan fingerprint density at radius 2 is 0.902 bits per heavy atom. The number of carboxylic acid groups (broad SMARTS) is 1. The monoisotopic (exact) mass is 870 g/mol. The number of rotatable bonds is 41. The van der Waals surface area contributed by atoms with Crippen LogP contribution in [0.2, 0.25) is 0 Å². The minimum atomic E-state index is -4.65. The number of carbonyl (C=O) groups is 2. The maximum absolute atomic E-state index is 12.6. The predicted octanol–water partition coefficient (Wildman–Crippen LogP) is 12.9. The van der Waals surface area contributed by atoms with E-state index in [1.165, 1.54) is 32.1 Å². The minimum absolute atomic E-state index is 0.00809. The summed E-state index contributed by atoms with van der Waals surface area (Å²) in [5.41, 5.74) is 5.35. The number of hydrogen-bond donors (Lipinski definition) is 3. The summed E-state index contributed by atoms with van der Waals surface area (Å²) in [5, 5.41) is 8.90. The third-order valence-electron chi connectivity index (χ3n) is 8.77. The van der Waals surface area contributed by atoms with E-state index >= 15 is 0 Å². The molecule has 0 rings (SSSR count). The lowest BCUT2D eigenvalue weighted by Crippen LogP contribution is -2.34. The summed E-state index contributed by atoms with van der Waals surface area (Å²) in [7, 11) is -4.65. The minimum Gasteiger partial charge on any atom is -0.480 e. The van der Waals surface area contributed by atoms with Crippen LogP contribution in [0.4, 0.5) is 0 Å². The zero-order valence-corrected chi connectivity index (χ0v) is 38.3. The highest BCUT2D eigenvalue weighted by Gasteiger charge is 2.27. The summed E-state index contributed by atoms with van der Waals surface area (Å²) in [5.74, 6) is -1.93. The molecule has 0 aliphatic heterocycles. The summed E-state index contributed by atoms with van der Waals surface area (Å²) in [4.78, 5) is 33.5. The Kier molecular flexibility index (Phi) is 41.8. The molecule has 0 saturated heterocycles. The Labute approximate surface area is 369 Å². The molecule has 0 bridgehead atoms. The Morgan fingerprint density at radius 1 is 0.525 bits per heavy atom. The van der Waals surface area contributed by atoms with E-state index in [-0.39, 0.29) is 13.0 Å². The van der Waals surface area contributed by atoms with Crippen molar-refractivity contribution in [3.63, 3.8) is 0 Å². The maximum Gasteiger partial charge on any atom is 0.472 e. The molecule has 0 heterocycles. The van der Waals surface area contributed by atoms with Crippen LogP contribution in [0.15, 0.2) is 122 Å². The van der Waals surface area contributed by atoms with Crippen molar-refractivity contribution in [2.24, 2.45) is 5.73 Å². The normalized spacial score (nSPS) is 15.0. The SMILES string of the molecule is CC/C=C\C/C=C\C/C=C\C/C=C\C/C=C\CCCCCCCCCCOCC(COP(=O)(O)OCC(N)C(=O)O)OC(=O)C/C=C\C/C=C\C/C=C\C/C=C\C/C=C\CC. The molecule has 3 atom stereocenters. The molecule has 0 aliphatic rings. The number of carbonyl (C=O) groups excluding carboxylic acids is 1. The van der Waals surface area contributed by atoms with Crippen LogP contribution in [0.3, 0.4) is 0 Å². The number of nitrogens with two attached hydrogens (primary N) is 1. The zero-order chi connectivity index (χ0) is 44.8. The second kappa shape index (κ2) is 44.4. The third kappa shape index (κ3) is 44.2. The van der Waals surface area contributed by atoms with Gasteiger partial charge in [-0.1, -0.05) is 174 Å². The van der Waals surface area contributed by atoms with Crippen LogP contribution < -0.4 is 5.73 Å². The lowest BCUT2D eigenvalue weighted by molar-refractivity contribution is -0.153. The van der Waals surface area contributed by atoms with Crippen LogP contribution in [0.1, 0.15) is 142 Å². The largest absolute Gasteiger partial charge is 0.480 e. The topological polar surface area (TPSA) is 155 Å². The first kappa shape index (κ1) is 57.4. The second-order valence-corrected chi connectivity index (χ2v) is 15.9. The summed E-state index contributed by atoms with van der Waals surface area (Å²) in [6.45, 7) is 3.48. The van der Waals surface area contributed by atoms with Crippen molar-refractivity contribution in [3.8, 4) is 0 Å². The average Bonchev–Trinajstić information content (AvgIpc) is 3.24. The number of aliphatic carboxylic acids is 1. The molecular weight excluding hydrogens is 790 g/mol. The van der Waals surface area contributed by atoms with Gasteiger partial charge in [-0.2, -0.15) is 0 Å². The van der Waals surface area contributed by atoms with Gasteiger partial charge >= 0.3 is 19.8 Å². The smallest absolute Gasteiger partial charge is 0.472 e. The first-order chi connectivity index (χ1) is 29.7. The molecule has 0 amide bonds. The molecule has 0 aliphatic carbocycles. The van der Waals surface area contributed by atoms with Crippen molar-refractivity contribution < 1.29 is 42.7 Å². The average molecular weight is 870 g/mol. The first-order valence-corrected chi connectivity index (χ1v) is 24.1. The van der Waals surface area contributed by atoms with Gasteiger partial charge in [-0.25, -0.2) is 4.57 Å². The Bertz CT molecular complexity index is 1420.